The third kappa shape index (κ3) is 2.58. The van der Waals surface area contributed by atoms with Crippen molar-refractivity contribution in [3.05, 3.63) is 35.4 Å². The maximum absolute atomic E-state index is 9.51. The summed E-state index contributed by atoms with van der Waals surface area (Å²) >= 11 is 0. The molecule has 0 saturated carbocycles. The Morgan fingerprint density at radius 1 is 1.43 bits per heavy atom. The minimum absolute atomic E-state index is 0.249. The molecule has 76 valence electrons. The van der Waals surface area contributed by atoms with E-state index in [0.29, 0.717) is 0 Å². The zero-order chi connectivity index (χ0) is 10.6. The normalized spacial score (nSPS) is 12.1. The molecule has 0 atom stereocenters. The highest BCUT2D eigenvalue weighted by atomic mass is 16.3. The molecule has 3 heteroatoms. The lowest BCUT2D eigenvalue weighted by atomic mass is 10.1. The number of para-hydroxylation sites is 1. The average Bonchev–Trinajstić information content (AvgIpc) is 2.16. The third-order valence-electron chi connectivity index (χ3n) is 2.11. The lowest BCUT2D eigenvalue weighted by molar-refractivity contribution is 0.474. The van der Waals surface area contributed by atoms with Gasteiger partial charge in [-0.25, -0.2) is 0 Å². The van der Waals surface area contributed by atoms with Crippen LogP contribution in [0, 0.1) is 0 Å². The Hall–Kier alpha value is -1.32. The van der Waals surface area contributed by atoms with E-state index in [2.05, 4.69) is 0 Å². The predicted molar refractivity (Wildman–Crippen MR) is 58.5 cm³/mol. The summed E-state index contributed by atoms with van der Waals surface area (Å²) in [5.74, 6) is 0.249. The van der Waals surface area contributed by atoms with Crippen LogP contribution in [-0.4, -0.2) is 11.3 Å². The second-order valence-corrected chi connectivity index (χ2v) is 3.16. The van der Waals surface area contributed by atoms with Crippen molar-refractivity contribution < 1.29 is 5.11 Å². The Kier molecular flexibility index (Phi) is 3.68. The van der Waals surface area contributed by atoms with Crippen molar-refractivity contribution in [3.8, 4) is 5.75 Å². The Bertz CT molecular complexity index is 332. The predicted octanol–water partition coefficient (Wildman–Crippen LogP) is 1.43. The molecule has 14 heavy (non-hydrogen) atoms. The Labute approximate surface area is 84.0 Å². The fourth-order valence-electron chi connectivity index (χ4n) is 1.24. The number of benzene rings is 1. The van der Waals surface area contributed by atoms with Crippen molar-refractivity contribution in [1.29, 1.82) is 0 Å². The van der Waals surface area contributed by atoms with Gasteiger partial charge in [-0.2, -0.15) is 0 Å². The zero-order valence-corrected chi connectivity index (χ0v) is 8.27. The monoisotopic (exact) mass is 192 g/mol. The number of phenolic OH excluding ortho intramolecular Hbond substituents is 1. The molecule has 0 unspecified atom stereocenters. The number of hydrogen-bond acceptors (Lipinski definition) is 3. The van der Waals surface area contributed by atoms with Crippen LogP contribution in [0.15, 0.2) is 29.8 Å². The molecule has 0 aliphatic carbocycles. The third-order valence-corrected chi connectivity index (χ3v) is 2.11. The SMILES string of the molecule is CCC(=Cc1ccccc1O)C(N)N. The Balaban J connectivity index is 3.00. The van der Waals surface area contributed by atoms with Gasteiger partial charge < -0.3 is 16.6 Å². The van der Waals surface area contributed by atoms with E-state index >= 15 is 0 Å². The second kappa shape index (κ2) is 4.79. The summed E-state index contributed by atoms with van der Waals surface area (Å²) < 4.78 is 0. The lowest BCUT2D eigenvalue weighted by Gasteiger charge is -2.09. The molecule has 3 nitrogen and oxygen atoms in total. The molecule has 0 saturated heterocycles. The highest BCUT2D eigenvalue weighted by molar-refractivity contribution is 5.59. The van der Waals surface area contributed by atoms with Gasteiger partial charge in [0.25, 0.3) is 0 Å². The van der Waals surface area contributed by atoms with Gasteiger partial charge in [0.15, 0.2) is 0 Å². The molecule has 0 bridgehead atoms. The second-order valence-electron chi connectivity index (χ2n) is 3.16. The molecule has 1 aromatic rings. The van der Waals surface area contributed by atoms with Crippen LogP contribution in [0.5, 0.6) is 5.75 Å². The van der Waals surface area contributed by atoms with Gasteiger partial charge in [-0.15, -0.1) is 0 Å². The molecule has 0 aliphatic heterocycles. The number of aromatic hydroxyl groups is 1. The molecule has 0 aromatic heterocycles. The van der Waals surface area contributed by atoms with Crippen molar-refractivity contribution in [2.24, 2.45) is 11.5 Å². The molecule has 0 amide bonds. The molecule has 0 heterocycles. The van der Waals surface area contributed by atoms with E-state index in [-0.39, 0.29) is 5.75 Å². The van der Waals surface area contributed by atoms with Crippen LogP contribution < -0.4 is 11.5 Å². The summed E-state index contributed by atoms with van der Waals surface area (Å²) in [5.41, 5.74) is 12.8. The van der Waals surface area contributed by atoms with Crippen molar-refractivity contribution >= 4 is 6.08 Å². The van der Waals surface area contributed by atoms with E-state index in [4.69, 9.17) is 11.5 Å². The van der Waals surface area contributed by atoms with Crippen molar-refractivity contribution in [2.75, 3.05) is 0 Å². The summed E-state index contributed by atoms with van der Waals surface area (Å²) in [5, 5.41) is 9.51. The molecular weight excluding hydrogens is 176 g/mol. The lowest BCUT2D eigenvalue weighted by Crippen LogP contribution is -2.32. The molecule has 0 fully saturated rings. The van der Waals surface area contributed by atoms with Crippen LogP contribution in [0.25, 0.3) is 6.08 Å². The van der Waals surface area contributed by atoms with Crippen LogP contribution in [0.3, 0.4) is 0 Å². The van der Waals surface area contributed by atoms with Crippen molar-refractivity contribution in [3.63, 3.8) is 0 Å². The maximum Gasteiger partial charge on any atom is 0.122 e. The van der Waals surface area contributed by atoms with Gasteiger partial charge in [-0.05, 0) is 24.1 Å². The average molecular weight is 192 g/mol. The fourth-order valence-corrected chi connectivity index (χ4v) is 1.24. The molecule has 0 radical (unpaired) electrons. The van der Waals surface area contributed by atoms with Gasteiger partial charge >= 0.3 is 0 Å². The van der Waals surface area contributed by atoms with E-state index in [1.807, 2.05) is 25.1 Å². The first-order valence-electron chi connectivity index (χ1n) is 4.64. The number of rotatable bonds is 3. The molecular formula is C11H16N2O. The van der Waals surface area contributed by atoms with Crippen LogP contribution in [-0.2, 0) is 0 Å². The van der Waals surface area contributed by atoms with Crippen LogP contribution in [0.4, 0.5) is 0 Å². The van der Waals surface area contributed by atoms with Crippen LogP contribution >= 0.6 is 0 Å². The van der Waals surface area contributed by atoms with Gasteiger partial charge in [0.1, 0.15) is 5.75 Å². The quantitative estimate of drug-likeness (QED) is 0.634. The maximum atomic E-state index is 9.51. The smallest absolute Gasteiger partial charge is 0.122 e. The Morgan fingerprint density at radius 3 is 2.57 bits per heavy atom. The molecule has 5 N–H and O–H groups in total. The largest absolute Gasteiger partial charge is 0.507 e. The van der Waals surface area contributed by atoms with Gasteiger partial charge in [0.05, 0.1) is 6.17 Å². The standard InChI is InChI=1S/C11H16N2O/c1-2-8(11(12)13)7-9-5-3-4-6-10(9)14/h3-7,11,14H,2,12-13H2,1H3. The van der Waals surface area contributed by atoms with E-state index in [0.717, 1.165) is 17.6 Å². The minimum atomic E-state index is -0.459. The molecule has 0 aliphatic rings. The molecule has 0 spiro atoms. The number of nitrogens with two attached hydrogens (primary N) is 2. The van der Waals surface area contributed by atoms with Crippen molar-refractivity contribution in [2.45, 2.75) is 19.5 Å². The molecule has 1 aromatic carbocycles. The summed E-state index contributed by atoms with van der Waals surface area (Å²) in [6, 6.07) is 7.11. The number of hydrogen-bond donors (Lipinski definition) is 3. The van der Waals surface area contributed by atoms with E-state index < -0.39 is 6.17 Å². The summed E-state index contributed by atoms with van der Waals surface area (Å²) in [6.07, 6.45) is 2.16. The van der Waals surface area contributed by atoms with Crippen LogP contribution in [0.1, 0.15) is 18.9 Å². The van der Waals surface area contributed by atoms with E-state index in [1.54, 1.807) is 12.1 Å². The van der Waals surface area contributed by atoms with Gasteiger partial charge in [0, 0.05) is 5.56 Å². The van der Waals surface area contributed by atoms with Gasteiger partial charge in [0.2, 0.25) is 0 Å². The summed E-state index contributed by atoms with van der Waals surface area (Å²) in [4.78, 5) is 0. The summed E-state index contributed by atoms with van der Waals surface area (Å²) in [7, 11) is 0. The first kappa shape index (κ1) is 10.8. The Morgan fingerprint density at radius 2 is 2.07 bits per heavy atom. The van der Waals surface area contributed by atoms with Gasteiger partial charge in [-0.3, -0.25) is 0 Å². The highest BCUT2D eigenvalue weighted by Gasteiger charge is 2.03. The number of phenols is 1. The summed E-state index contributed by atoms with van der Waals surface area (Å²) in [6.45, 7) is 1.98. The van der Waals surface area contributed by atoms with E-state index in [9.17, 15) is 5.11 Å². The molecule has 1 rings (SSSR count). The van der Waals surface area contributed by atoms with Crippen LogP contribution in [0.2, 0.25) is 0 Å². The topological polar surface area (TPSA) is 72.3 Å². The van der Waals surface area contributed by atoms with Gasteiger partial charge in [-0.1, -0.05) is 25.1 Å². The zero-order valence-electron chi connectivity index (χ0n) is 8.27. The van der Waals surface area contributed by atoms with E-state index in [1.165, 1.54) is 0 Å². The fraction of sp³-hybridized carbons (Fsp3) is 0.273. The first-order valence-corrected chi connectivity index (χ1v) is 4.64. The first-order chi connectivity index (χ1) is 6.65. The highest BCUT2D eigenvalue weighted by Crippen LogP contribution is 2.20. The minimum Gasteiger partial charge on any atom is -0.507 e. The van der Waals surface area contributed by atoms with Crippen molar-refractivity contribution in [1.82, 2.24) is 0 Å².